The monoisotopic (exact) mass is 354 g/mol. The molecule has 126 valence electrons. The summed E-state index contributed by atoms with van der Waals surface area (Å²) in [6.45, 7) is 0. The van der Waals surface area contributed by atoms with Crippen LogP contribution < -0.4 is 9.47 Å². The molecule has 1 aliphatic rings. The second-order valence-electron chi connectivity index (χ2n) is 5.60. The third-order valence-corrected chi connectivity index (χ3v) is 4.80. The van der Waals surface area contributed by atoms with E-state index >= 15 is 0 Å². The van der Waals surface area contributed by atoms with Crippen molar-refractivity contribution in [3.63, 3.8) is 0 Å². The number of carboxylic acids is 1. The lowest BCUT2D eigenvalue weighted by Crippen LogP contribution is -2.15. The van der Waals surface area contributed by atoms with Gasteiger partial charge in [0.25, 0.3) is 5.19 Å². The molecule has 1 unspecified atom stereocenters. The molecule has 0 saturated heterocycles. The smallest absolute Gasteiger partial charge is 0.347 e. The predicted molar refractivity (Wildman–Crippen MR) is 91.5 cm³/mol. The summed E-state index contributed by atoms with van der Waals surface area (Å²) >= 11 is 1.000. The number of aromatic carboxylic acids is 1. The van der Waals surface area contributed by atoms with Crippen LogP contribution in [0.25, 0.3) is 0 Å². The molecule has 1 N–H and O–H groups in total. The molecule has 0 spiro atoms. The molecule has 0 fully saturated rings. The third-order valence-electron chi connectivity index (χ3n) is 3.93. The Morgan fingerprint density at radius 3 is 3.00 bits per heavy atom. The van der Waals surface area contributed by atoms with Gasteiger partial charge in [-0.1, -0.05) is 17.4 Å². The molecular weight excluding hydrogens is 340 g/mol. The number of ether oxygens (including phenoxy) is 2. The van der Waals surface area contributed by atoms with Crippen molar-refractivity contribution < 1.29 is 19.4 Å². The van der Waals surface area contributed by atoms with E-state index in [-0.39, 0.29) is 11.0 Å². The van der Waals surface area contributed by atoms with Gasteiger partial charge in [0.05, 0.1) is 6.20 Å². The lowest BCUT2D eigenvalue weighted by molar-refractivity contribution is 0.0702. The number of thiazole rings is 1. The van der Waals surface area contributed by atoms with E-state index in [1.54, 1.807) is 12.3 Å². The van der Waals surface area contributed by atoms with Crippen molar-refractivity contribution in [2.45, 2.75) is 18.9 Å². The standard InChI is InChI=1S/C18H14N2O4S/c21-17(22)16-10-20-18(25-16)23-13-4-6-14-11(8-13)3-5-15(24-14)12-2-1-7-19-9-12/h1-2,4,6-10,15H,3,5H2,(H,21,22). The number of hydrogen-bond acceptors (Lipinski definition) is 6. The fourth-order valence-electron chi connectivity index (χ4n) is 2.73. The zero-order valence-corrected chi connectivity index (χ0v) is 13.9. The van der Waals surface area contributed by atoms with Crippen molar-refractivity contribution in [3.8, 4) is 16.7 Å². The first kappa shape index (κ1) is 15.6. The highest BCUT2D eigenvalue weighted by Crippen LogP contribution is 2.37. The van der Waals surface area contributed by atoms with Gasteiger partial charge >= 0.3 is 5.97 Å². The van der Waals surface area contributed by atoms with Gasteiger partial charge in [0.15, 0.2) is 0 Å². The van der Waals surface area contributed by atoms with E-state index in [0.717, 1.165) is 41.1 Å². The number of aromatic nitrogens is 2. The van der Waals surface area contributed by atoms with Crippen LogP contribution in [0.1, 0.15) is 33.3 Å². The Morgan fingerprint density at radius 2 is 2.24 bits per heavy atom. The Kier molecular flexibility index (Phi) is 4.07. The number of fused-ring (bicyclic) bond motifs is 1. The molecule has 1 aliphatic heterocycles. The molecule has 1 aromatic carbocycles. The summed E-state index contributed by atoms with van der Waals surface area (Å²) in [5.41, 5.74) is 2.13. The lowest BCUT2D eigenvalue weighted by Gasteiger charge is -2.26. The molecule has 25 heavy (non-hydrogen) atoms. The summed E-state index contributed by atoms with van der Waals surface area (Å²) in [7, 11) is 0. The van der Waals surface area contributed by atoms with Crippen LogP contribution in [0.4, 0.5) is 0 Å². The SMILES string of the molecule is O=C(O)c1cnc(Oc2ccc3c(c2)CCC(c2cccnc2)O3)s1. The topological polar surface area (TPSA) is 81.5 Å². The van der Waals surface area contributed by atoms with Crippen LogP contribution in [-0.4, -0.2) is 21.0 Å². The number of rotatable bonds is 4. The van der Waals surface area contributed by atoms with Gasteiger partial charge in [0.1, 0.15) is 22.5 Å². The molecule has 3 heterocycles. The molecule has 4 rings (SSSR count). The third kappa shape index (κ3) is 3.32. The first-order valence-corrected chi connectivity index (χ1v) is 8.57. The highest BCUT2D eigenvalue weighted by Gasteiger charge is 2.22. The van der Waals surface area contributed by atoms with E-state index in [0.29, 0.717) is 10.9 Å². The van der Waals surface area contributed by atoms with Crippen LogP contribution in [0.15, 0.2) is 48.9 Å². The molecule has 3 aromatic rings. The second-order valence-corrected chi connectivity index (χ2v) is 6.59. The number of pyridine rings is 1. The maximum Gasteiger partial charge on any atom is 0.347 e. The van der Waals surface area contributed by atoms with Crippen LogP contribution in [-0.2, 0) is 6.42 Å². The van der Waals surface area contributed by atoms with E-state index in [1.807, 2.05) is 30.5 Å². The van der Waals surface area contributed by atoms with Gasteiger partial charge in [0, 0.05) is 18.0 Å². The highest BCUT2D eigenvalue weighted by atomic mass is 32.1. The van der Waals surface area contributed by atoms with Crippen molar-refractivity contribution in [2.75, 3.05) is 0 Å². The van der Waals surface area contributed by atoms with E-state index < -0.39 is 5.97 Å². The fraction of sp³-hybridized carbons (Fsp3) is 0.167. The molecule has 0 amide bonds. The van der Waals surface area contributed by atoms with Crippen molar-refractivity contribution >= 4 is 17.3 Å². The number of aryl methyl sites for hydroxylation is 1. The number of carboxylic acid groups (broad SMARTS) is 1. The van der Waals surface area contributed by atoms with E-state index in [2.05, 4.69) is 9.97 Å². The fourth-order valence-corrected chi connectivity index (χ4v) is 3.36. The number of nitrogens with zero attached hydrogens (tertiary/aromatic N) is 2. The summed E-state index contributed by atoms with van der Waals surface area (Å²) in [5, 5.41) is 9.24. The molecule has 6 nitrogen and oxygen atoms in total. The predicted octanol–water partition coefficient (Wildman–Crippen LogP) is 4.09. The normalized spacial score (nSPS) is 15.9. The van der Waals surface area contributed by atoms with E-state index in [1.165, 1.54) is 6.20 Å². The average Bonchev–Trinajstić information content (AvgIpc) is 3.11. The molecule has 2 aromatic heterocycles. The first-order valence-electron chi connectivity index (χ1n) is 7.75. The van der Waals surface area contributed by atoms with Gasteiger partial charge in [-0.3, -0.25) is 4.98 Å². The van der Waals surface area contributed by atoms with Gasteiger partial charge in [-0.25, -0.2) is 9.78 Å². The van der Waals surface area contributed by atoms with Crippen molar-refractivity contribution in [1.82, 2.24) is 9.97 Å². The Balaban J connectivity index is 1.50. The molecule has 0 bridgehead atoms. The van der Waals surface area contributed by atoms with Crippen LogP contribution in [0.3, 0.4) is 0 Å². The maximum atomic E-state index is 10.9. The summed E-state index contributed by atoms with van der Waals surface area (Å²) in [6.07, 6.45) is 6.61. The summed E-state index contributed by atoms with van der Waals surface area (Å²) < 4.78 is 11.7. The van der Waals surface area contributed by atoms with E-state index in [9.17, 15) is 4.79 Å². The molecule has 0 aliphatic carbocycles. The minimum atomic E-state index is -1.01. The summed E-state index contributed by atoms with van der Waals surface area (Å²) in [6, 6.07) is 9.51. The highest BCUT2D eigenvalue weighted by molar-refractivity contribution is 7.15. The second kappa shape index (κ2) is 6.52. The largest absolute Gasteiger partial charge is 0.485 e. The Bertz CT molecular complexity index is 910. The maximum absolute atomic E-state index is 10.9. The Morgan fingerprint density at radius 1 is 1.32 bits per heavy atom. The van der Waals surface area contributed by atoms with E-state index in [4.69, 9.17) is 14.6 Å². The first-order chi connectivity index (χ1) is 12.2. The summed E-state index contributed by atoms with van der Waals surface area (Å²) in [5.74, 6) is 0.443. The molecule has 0 saturated carbocycles. The van der Waals surface area contributed by atoms with Gasteiger partial charge < -0.3 is 14.6 Å². The van der Waals surface area contributed by atoms with Crippen LogP contribution in [0.5, 0.6) is 16.7 Å². The molecule has 0 radical (unpaired) electrons. The van der Waals surface area contributed by atoms with Crippen molar-refractivity contribution in [2.24, 2.45) is 0 Å². The Hall–Kier alpha value is -2.93. The van der Waals surface area contributed by atoms with Crippen molar-refractivity contribution in [1.29, 1.82) is 0 Å². The van der Waals surface area contributed by atoms with Gasteiger partial charge in [-0.05, 0) is 42.7 Å². The number of benzene rings is 1. The average molecular weight is 354 g/mol. The lowest BCUT2D eigenvalue weighted by atomic mass is 9.98. The minimum absolute atomic E-state index is 0.00468. The number of hydrogen-bond donors (Lipinski definition) is 1. The zero-order chi connectivity index (χ0) is 17.2. The molecule has 1 atom stereocenters. The van der Waals surface area contributed by atoms with Gasteiger partial charge in [-0.2, -0.15) is 0 Å². The summed E-state index contributed by atoms with van der Waals surface area (Å²) in [4.78, 5) is 19.2. The van der Waals surface area contributed by atoms with Crippen LogP contribution >= 0.6 is 11.3 Å². The van der Waals surface area contributed by atoms with Gasteiger partial charge in [-0.15, -0.1) is 0 Å². The van der Waals surface area contributed by atoms with Crippen LogP contribution in [0.2, 0.25) is 0 Å². The quantitative estimate of drug-likeness (QED) is 0.760. The molecule has 7 heteroatoms. The molecular formula is C18H14N2O4S. The zero-order valence-electron chi connectivity index (χ0n) is 13.1. The number of carbonyl (C=O) groups is 1. The van der Waals surface area contributed by atoms with Crippen LogP contribution in [0, 0.1) is 0 Å². The minimum Gasteiger partial charge on any atom is -0.485 e. The Labute approximate surface area is 147 Å². The van der Waals surface area contributed by atoms with Gasteiger partial charge in [0.2, 0.25) is 0 Å². The van der Waals surface area contributed by atoms with Crippen molar-refractivity contribution in [3.05, 3.63) is 64.9 Å².